The van der Waals surface area contributed by atoms with E-state index in [-0.39, 0.29) is 0 Å². The van der Waals surface area contributed by atoms with Crippen LogP contribution in [0, 0.1) is 0 Å². The number of hydrogen-bond donors (Lipinski definition) is 0. The van der Waals surface area contributed by atoms with Gasteiger partial charge in [0.15, 0.2) is 0 Å². The van der Waals surface area contributed by atoms with Gasteiger partial charge < -0.3 is 4.42 Å². The molecule has 0 spiro atoms. The highest BCUT2D eigenvalue weighted by Crippen LogP contribution is 2.35. The average molecular weight is 283 g/mol. The van der Waals surface area contributed by atoms with Gasteiger partial charge in [-0.25, -0.2) is 0 Å². The molecule has 0 saturated heterocycles. The predicted molar refractivity (Wildman–Crippen MR) is 64.2 cm³/mol. The van der Waals surface area contributed by atoms with E-state index in [2.05, 4.69) is 20.9 Å². The minimum absolute atomic E-state index is 0.654. The minimum atomic E-state index is 0.654. The van der Waals surface area contributed by atoms with Gasteiger partial charge in [0.05, 0.1) is 0 Å². The fourth-order valence-corrected chi connectivity index (χ4v) is 2.66. The van der Waals surface area contributed by atoms with Crippen LogP contribution < -0.4 is 0 Å². The lowest BCUT2D eigenvalue weighted by molar-refractivity contribution is 0.668. The van der Waals surface area contributed by atoms with Crippen molar-refractivity contribution in [3.8, 4) is 0 Å². The Morgan fingerprint density at radius 1 is 1.27 bits per heavy atom. The smallest absolute Gasteiger partial charge is 0.138 e. The van der Waals surface area contributed by atoms with Crippen LogP contribution in [0.15, 0.2) is 39.5 Å². The monoisotopic (exact) mass is 281 g/mol. The predicted octanol–water partition coefficient (Wildman–Crippen LogP) is 4.40. The van der Waals surface area contributed by atoms with E-state index in [9.17, 15) is 0 Å². The normalized spacial score (nSPS) is 11.3. The molecule has 0 amide bonds. The van der Waals surface area contributed by atoms with Crippen molar-refractivity contribution in [1.29, 1.82) is 0 Å². The summed E-state index contributed by atoms with van der Waals surface area (Å²) in [6, 6.07) is 5.50. The maximum Gasteiger partial charge on any atom is 0.138 e. The van der Waals surface area contributed by atoms with E-state index >= 15 is 0 Å². The van der Waals surface area contributed by atoms with Crippen molar-refractivity contribution >= 4 is 49.5 Å². The number of fused-ring (bicyclic) bond motifs is 3. The summed E-state index contributed by atoms with van der Waals surface area (Å²) < 4.78 is 6.59. The summed E-state index contributed by atoms with van der Waals surface area (Å²) in [5, 5.41) is 2.67. The molecule has 0 aliphatic rings. The molecule has 0 fully saturated rings. The van der Waals surface area contributed by atoms with Crippen molar-refractivity contribution in [3.05, 3.63) is 40.1 Å². The molecule has 74 valence electrons. The summed E-state index contributed by atoms with van der Waals surface area (Å²) in [6.45, 7) is 0. The molecule has 0 unspecified atom stereocenters. The molecule has 0 saturated carbocycles. The van der Waals surface area contributed by atoms with E-state index in [0.717, 1.165) is 26.4 Å². The molecule has 2 nitrogen and oxygen atoms in total. The standard InChI is InChI=1S/C11H5BrClNO/c12-8-3-6(13)4-10-11(8)7-5-14-2-1-9(7)15-10/h1-5H. The van der Waals surface area contributed by atoms with E-state index in [4.69, 9.17) is 16.0 Å². The molecule has 15 heavy (non-hydrogen) atoms. The quantitative estimate of drug-likeness (QED) is 0.611. The first-order valence-electron chi connectivity index (χ1n) is 4.37. The van der Waals surface area contributed by atoms with Gasteiger partial charge in [0, 0.05) is 38.7 Å². The van der Waals surface area contributed by atoms with E-state index in [1.807, 2.05) is 18.2 Å². The number of hydrogen-bond acceptors (Lipinski definition) is 2. The zero-order valence-electron chi connectivity index (χ0n) is 7.50. The lowest BCUT2D eigenvalue weighted by atomic mass is 10.2. The Bertz CT molecular complexity index is 662. The number of benzene rings is 1. The van der Waals surface area contributed by atoms with Crippen LogP contribution in [0.4, 0.5) is 0 Å². The van der Waals surface area contributed by atoms with Crippen LogP contribution in [0.5, 0.6) is 0 Å². The fourth-order valence-electron chi connectivity index (χ4n) is 1.67. The van der Waals surface area contributed by atoms with Gasteiger partial charge in [-0.05, 0) is 28.1 Å². The second kappa shape index (κ2) is 3.22. The number of halogens is 2. The first-order valence-corrected chi connectivity index (χ1v) is 5.54. The molecule has 4 heteroatoms. The molecule has 0 bridgehead atoms. The Kier molecular flexibility index (Phi) is 1.97. The number of nitrogens with zero attached hydrogens (tertiary/aromatic N) is 1. The summed E-state index contributed by atoms with van der Waals surface area (Å²) >= 11 is 9.42. The van der Waals surface area contributed by atoms with Gasteiger partial charge in [0.25, 0.3) is 0 Å². The molecular weight excluding hydrogens is 277 g/mol. The largest absolute Gasteiger partial charge is 0.456 e. The van der Waals surface area contributed by atoms with Gasteiger partial charge >= 0.3 is 0 Å². The molecule has 0 atom stereocenters. The minimum Gasteiger partial charge on any atom is -0.456 e. The highest BCUT2D eigenvalue weighted by atomic mass is 79.9. The number of pyridine rings is 1. The van der Waals surface area contributed by atoms with Crippen molar-refractivity contribution in [2.24, 2.45) is 0 Å². The van der Waals surface area contributed by atoms with Crippen LogP contribution in [0.2, 0.25) is 5.02 Å². The lowest BCUT2D eigenvalue weighted by Crippen LogP contribution is -1.72. The van der Waals surface area contributed by atoms with Crippen molar-refractivity contribution < 1.29 is 4.42 Å². The van der Waals surface area contributed by atoms with Crippen molar-refractivity contribution in [2.45, 2.75) is 0 Å². The van der Waals surface area contributed by atoms with Crippen LogP contribution in [0.1, 0.15) is 0 Å². The average Bonchev–Trinajstić information content (AvgIpc) is 2.54. The molecule has 0 aliphatic carbocycles. The molecule has 1 aromatic carbocycles. The SMILES string of the molecule is Clc1cc(Br)c2c(c1)oc1ccncc12. The third-order valence-corrected chi connectivity index (χ3v) is 3.13. The first kappa shape index (κ1) is 9.19. The summed E-state index contributed by atoms with van der Waals surface area (Å²) in [6.07, 6.45) is 3.50. The molecule has 0 N–H and O–H groups in total. The zero-order valence-corrected chi connectivity index (χ0v) is 9.84. The molecule has 0 radical (unpaired) electrons. The van der Waals surface area contributed by atoms with E-state index < -0.39 is 0 Å². The Morgan fingerprint density at radius 2 is 2.13 bits per heavy atom. The van der Waals surface area contributed by atoms with Crippen molar-refractivity contribution in [2.75, 3.05) is 0 Å². The maximum absolute atomic E-state index is 5.95. The van der Waals surface area contributed by atoms with Crippen LogP contribution in [-0.2, 0) is 0 Å². The van der Waals surface area contributed by atoms with Gasteiger partial charge in [-0.15, -0.1) is 0 Å². The van der Waals surface area contributed by atoms with Crippen LogP contribution in [-0.4, -0.2) is 4.98 Å². The topological polar surface area (TPSA) is 26.0 Å². The lowest BCUT2D eigenvalue weighted by Gasteiger charge is -1.94. The van der Waals surface area contributed by atoms with Crippen LogP contribution >= 0.6 is 27.5 Å². The van der Waals surface area contributed by atoms with Crippen molar-refractivity contribution in [3.63, 3.8) is 0 Å². The highest BCUT2D eigenvalue weighted by molar-refractivity contribution is 9.10. The van der Waals surface area contributed by atoms with Gasteiger partial charge in [-0.1, -0.05) is 11.6 Å². The summed E-state index contributed by atoms with van der Waals surface area (Å²) in [5.41, 5.74) is 1.60. The number of aromatic nitrogens is 1. The van der Waals surface area contributed by atoms with Crippen LogP contribution in [0.25, 0.3) is 21.9 Å². The summed E-state index contributed by atoms with van der Waals surface area (Å²) in [7, 11) is 0. The summed E-state index contributed by atoms with van der Waals surface area (Å²) in [5.74, 6) is 0. The zero-order chi connectivity index (χ0) is 10.4. The molecule has 3 rings (SSSR count). The Balaban J connectivity index is 2.61. The second-order valence-corrected chi connectivity index (χ2v) is 4.53. The first-order chi connectivity index (χ1) is 7.25. The molecule has 2 heterocycles. The molecule has 3 aromatic rings. The fraction of sp³-hybridized carbons (Fsp3) is 0. The highest BCUT2D eigenvalue weighted by Gasteiger charge is 2.10. The molecule has 0 aliphatic heterocycles. The van der Waals surface area contributed by atoms with Gasteiger partial charge in [-0.2, -0.15) is 0 Å². The number of furan rings is 1. The van der Waals surface area contributed by atoms with Gasteiger partial charge in [-0.3, -0.25) is 4.98 Å². The Morgan fingerprint density at radius 3 is 3.00 bits per heavy atom. The van der Waals surface area contributed by atoms with Crippen molar-refractivity contribution in [1.82, 2.24) is 4.98 Å². The Labute approximate surface area is 99.0 Å². The molecule has 2 aromatic heterocycles. The third-order valence-electron chi connectivity index (χ3n) is 2.29. The van der Waals surface area contributed by atoms with E-state index in [1.165, 1.54) is 0 Å². The third kappa shape index (κ3) is 1.34. The number of rotatable bonds is 0. The van der Waals surface area contributed by atoms with E-state index in [0.29, 0.717) is 5.02 Å². The van der Waals surface area contributed by atoms with Gasteiger partial charge in [0.2, 0.25) is 0 Å². The summed E-state index contributed by atoms with van der Waals surface area (Å²) in [4.78, 5) is 4.08. The van der Waals surface area contributed by atoms with Crippen LogP contribution in [0.3, 0.4) is 0 Å². The second-order valence-electron chi connectivity index (χ2n) is 3.23. The van der Waals surface area contributed by atoms with Gasteiger partial charge in [0.1, 0.15) is 11.2 Å². The Hall–Kier alpha value is -1.06. The maximum atomic E-state index is 5.95. The van der Waals surface area contributed by atoms with E-state index in [1.54, 1.807) is 12.4 Å². The molecular formula is C11H5BrClNO.